The van der Waals surface area contributed by atoms with Crippen LogP contribution in [0.2, 0.25) is 0 Å². The summed E-state index contributed by atoms with van der Waals surface area (Å²) in [6.45, 7) is 0.547. The van der Waals surface area contributed by atoms with Crippen molar-refractivity contribution in [2.45, 2.75) is 13.0 Å². The number of nitrogens with one attached hydrogen (secondary N) is 1. The van der Waals surface area contributed by atoms with E-state index in [1.807, 2.05) is 0 Å². The summed E-state index contributed by atoms with van der Waals surface area (Å²) in [6, 6.07) is 1.68. The third-order valence-corrected chi connectivity index (χ3v) is 3.01. The van der Waals surface area contributed by atoms with Crippen LogP contribution >= 0.6 is 0 Å². The summed E-state index contributed by atoms with van der Waals surface area (Å²) in [6.07, 6.45) is 1.02. The van der Waals surface area contributed by atoms with Gasteiger partial charge >= 0.3 is 6.09 Å². The molecule has 0 fully saturated rings. The van der Waals surface area contributed by atoms with Gasteiger partial charge in [0.2, 0.25) is 0 Å². The van der Waals surface area contributed by atoms with E-state index in [-0.39, 0.29) is 12.1 Å². The maximum atomic E-state index is 11.8. The molecule has 88 valence electrons. The molecule has 0 unspecified atom stereocenters. The molecule has 3 rings (SSSR count). The highest BCUT2D eigenvalue weighted by molar-refractivity contribution is 5.65. The van der Waals surface area contributed by atoms with Crippen LogP contribution in [-0.4, -0.2) is 37.2 Å². The number of carboxylic acid groups (broad SMARTS) is 1. The molecule has 0 aromatic carbocycles. The second-order valence-electron chi connectivity index (χ2n) is 3.96. The van der Waals surface area contributed by atoms with Gasteiger partial charge in [0.25, 0.3) is 5.56 Å². The predicted molar refractivity (Wildman–Crippen MR) is 58.0 cm³/mol. The fourth-order valence-electron chi connectivity index (χ4n) is 2.15. The summed E-state index contributed by atoms with van der Waals surface area (Å²) in [5.74, 6) is 0. The van der Waals surface area contributed by atoms with Gasteiger partial charge in [0, 0.05) is 18.2 Å². The van der Waals surface area contributed by atoms with Gasteiger partial charge in [-0.2, -0.15) is 5.10 Å². The number of hydrogen-bond donors (Lipinski definition) is 2. The van der Waals surface area contributed by atoms with Crippen molar-refractivity contribution in [3.63, 3.8) is 0 Å². The molecule has 0 saturated carbocycles. The molecule has 2 aromatic heterocycles. The van der Waals surface area contributed by atoms with Crippen LogP contribution in [0.5, 0.6) is 0 Å². The molecule has 2 aromatic rings. The molecule has 0 spiro atoms. The number of carbonyl (C=O) groups is 1. The van der Waals surface area contributed by atoms with Crippen molar-refractivity contribution in [1.29, 1.82) is 0 Å². The third-order valence-electron chi connectivity index (χ3n) is 3.01. The normalized spacial score (nSPS) is 14.9. The average Bonchev–Trinajstić information content (AvgIpc) is 2.76. The number of aromatic nitrogens is 3. The van der Waals surface area contributed by atoms with Gasteiger partial charge in [-0.05, 0) is 6.42 Å². The first-order valence-corrected chi connectivity index (χ1v) is 5.22. The Kier molecular flexibility index (Phi) is 1.94. The van der Waals surface area contributed by atoms with E-state index >= 15 is 0 Å². The first-order chi connectivity index (χ1) is 8.16. The number of amides is 1. The van der Waals surface area contributed by atoms with E-state index in [4.69, 9.17) is 5.11 Å². The molecule has 0 saturated heterocycles. The zero-order valence-corrected chi connectivity index (χ0v) is 8.88. The van der Waals surface area contributed by atoms with Crippen LogP contribution in [0, 0.1) is 0 Å². The Morgan fingerprint density at radius 2 is 2.35 bits per heavy atom. The summed E-state index contributed by atoms with van der Waals surface area (Å²) in [7, 11) is 0. The van der Waals surface area contributed by atoms with Gasteiger partial charge in [0.15, 0.2) is 0 Å². The van der Waals surface area contributed by atoms with Gasteiger partial charge in [-0.25, -0.2) is 9.31 Å². The van der Waals surface area contributed by atoms with Crippen molar-refractivity contribution in [3.8, 4) is 0 Å². The summed E-state index contributed by atoms with van der Waals surface area (Å²) < 4.78 is 1.59. The van der Waals surface area contributed by atoms with Crippen LogP contribution in [0.4, 0.5) is 4.79 Å². The topological polar surface area (TPSA) is 90.7 Å². The molecule has 17 heavy (non-hydrogen) atoms. The Hall–Kier alpha value is -2.31. The minimum absolute atomic E-state index is 0.155. The Balaban J connectivity index is 2.22. The molecule has 1 aliphatic rings. The lowest BCUT2D eigenvalue weighted by Crippen LogP contribution is -2.39. The first-order valence-electron chi connectivity index (χ1n) is 5.22. The van der Waals surface area contributed by atoms with Crippen LogP contribution in [0.25, 0.3) is 5.65 Å². The van der Waals surface area contributed by atoms with Crippen LogP contribution < -0.4 is 5.56 Å². The molecule has 7 heteroatoms. The van der Waals surface area contributed by atoms with Crippen molar-refractivity contribution in [3.05, 3.63) is 33.9 Å². The Labute approximate surface area is 95.3 Å². The minimum atomic E-state index is -0.976. The van der Waals surface area contributed by atoms with E-state index in [1.165, 1.54) is 4.90 Å². The summed E-state index contributed by atoms with van der Waals surface area (Å²) >= 11 is 0. The van der Waals surface area contributed by atoms with Crippen LogP contribution in [0.15, 0.2) is 17.1 Å². The van der Waals surface area contributed by atoms with Gasteiger partial charge in [-0.1, -0.05) is 0 Å². The lowest BCUT2D eigenvalue weighted by atomic mass is 10.1. The SMILES string of the molecule is O=C(O)N1CCc2c(n3nccc3[nH]c2=O)C1. The molecule has 7 nitrogen and oxygen atoms in total. The minimum Gasteiger partial charge on any atom is -0.465 e. The molecule has 1 aliphatic heterocycles. The number of fused-ring (bicyclic) bond motifs is 3. The standard InChI is InChI=1S/C10H10N4O3/c15-9-6-2-4-13(10(16)17)5-7(6)14-8(12-9)1-3-11-14/h1,3H,2,4-5H2,(H,12,15)(H,16,17). The van der Waals surface area contributed by atoms with Crippen molar-refractivity contribution in [2.75, 3.05) is 6.54 Å². The molecule has 3 heterocycles. The van der Waals surface area contributed by atoms with E-state index < -0.39 is 6.09 Å². The number of nitrogens with zero attached hydrogens (tertiary/aromatic N) is 3. The number of aromatic amines is 1. The number of H-pyrrole nitrogens is 1. The van der Waals surface area contributed by atoms with Gasteiger partial charge < -0.3 is 15.0 Å². The monoisotopic (exact) mass is 234 g/mol. The van der Waals surface area contributed by atoms with Gasteiger partial charge in [-0.3, -0.25) is 4.79 Å². The predicted octanol–water partition coefficient (Wildman–Crippen LogP) is 0.0587. The van der Waals surface area contributed by atoms with Gasteiger partial charge in [0.05, 0.1) is 18.4 Å². The highest BCUT2D eigenvalue weighted by Crippen LogP contribution is 2.16. The average molecular weight is 234 g/mol. The summed E-state index contributed by atoms with van der Waals surface area (Å²) in [5.41, 5.74) is 1.71. The molecule has 1 amide bonds. The van der Waals surface area contributed by atoms with E-state index in [2.05, 4.69) is 10.1 Å². The Bertz CT molecular complexity index is 657. The van der Waals surface area contributed by atoms with Crippen LogP contribution in [0.3, 0.4) is 0 Å². The summed E-state index contributed by atoms with van der Waals surface area (Å²) in [4.78, 5) is 26.7. The zero-order valence-electron chi connectivity index (χ0n) is 8.88. The Morgan fingerprint density at radius 1 is 1.53 bits per heavy atom. The highest BCUT2D eigenvalue weighted by atomic mass is 16.4. The smallest absolute Gasteiger partial charge is 0.407 e. The molecular formula is C10H10N4O3. The maximum Gasteiger partial charge on any atom is 0.407 e. The zero-order chi connectivity index (χ0) is 12.0. The van der Waals surface area contributed by atoms with E-state index in [9.17, 15) is 9.59 Å². The third kappa shape index (κ3) is 1.39. The molecule has 0 bridgehead atoms. The maximum absolute atomic E-state index is 11.8. The van der Waals surface area contributed by atoms with Gasteiger partial charge in [-0.15, -0.1) is 0 Å². The first kappa shape index (κ1) is 9.88. The lowest BCUT2D eigenvalue weighted by Gasteiger charge is -2.25. The molecule has 0 aliphatic carbocycles. The Morgan fingerprint density at radius 3 is 3.12 bits per heavy atom. The molecule has 2 N–H and O–H groups in total. The molecular weight excluding hydrogens is 224 g/mol. The van der Waals surface area contributed by atoms with Crippen LogP contribution in [0.1, 0.15) is 11.3 Å². The number of hydrogen-bond acceptors (Lipinski definition) is 3. The molecule has 0 atom stereocenters. The van der Waals surface area contributed by atoms with Crippen molar-refractivity contribution < 1.29 is 9.90 Å². The van der Waals surface area contributed by atoms with E-state index in [1.54, 1.807) is 16.8 Å². The van der Waals surface area contributed by atoms with Crippen molar-refractivity contribution in [1.82, 2.24) is 19.5 Å². The number of rotatable bonds is 0. The second kappa shape index (κ2) is 3.34. The largest absolute Gasteiger partial charge is 0.465 e. The fraction of sp³-hybridized carbons (Fsp3) is 0.300. The highest BCUT2D eigenvalue weighted by Gasteiger charge is 2.24. The van der Waals surface area contributed by atoms with E-state index in [0.29, 0.717) is 29.9 Å². The fourth-order valence-corrected chi connectivity index (χ4v) is 2.15. The van der Waals surface area contributed by atoms with Gasteiger partial charge in [0.1, 0.15) is 5.65 Å². The van der Waals surface area contributed by atoms with Crippen molar-refractivity contribution >= 4 is 11.7 Å². The second-order valence-corrected chi connectivity index (χ2v) is 3.96. The lowest BCUT2D eigenvalue weighted by molar-refractivity contribution is 0.138. The van der Waals surface area contributed by atoms with E-state index in [0.717, 1.165) is 0 Å². The molecule has 0 radical (unpaired) electrons. The van der Waals surface area contributed by atoms with Crippen LogP contribution in [-0.2, 0) is 13.0 Å². The van der Waals surface area contributed by atoms with Crippen molar-refractivity contribution in [2.24, 2.45) is 0 Å². The summed E-state index contributed by atoms with van der Waals surface area (Å²) in [5, 5.41) is 13.1. The quantitative estimate of drug-likeness (QED) is 0.674.